The van der Waals surface area contributed by atoms with Crippen LogP contribution in [0.25, 0.3) is 0 Å². The van der Waals surface area contributed by atoms with Gasteiger partial charge in [-0.2, -0.15) is 0 Å². The molecule has 0 heterocycles. The van der Waals surface area contributed by atoms with Crippen LogP contribution in [0.1, 0.15) is 44.0 Å². The van der Waals surface area contributed by atoms with E-state index in [1.54, 1.807) is 6.92 Å². The molecule has 112 valence electrons. The summed E-state index contributed by atoms with van der Waals surface area (Å²) >= 11 is 0. The molecule has 0 bridgehead atoms. The Kier molecular flexibility index (Phi) is 6.16. The second kappa shape index (κ2) is 7.40. The van der Waals surface area contributed by atoms with E-state index >= 15 is 0 Å². The van der Waals surface area contributed by atoms with Crippen LogP contribution in [0.3, 0.4) is 0 Å². The lowest BCUT2D eigenvalue weighted by Crippen LogP contribution is -2.32. The van der Waals surface area contributed by atoms with Crippen LogP contribution >= 0.6 is 0 Å². The van der Waals surface area contributed by atoms with Gasteiger partial charge in [-0.25, -0.2) is 17.9 Å². The van der Waals surface area contributed by atoms with Crippen LogP contribution in [-0.2, 0) is 14.8 Å². The molecule has 0 fully saturated rings. The Morgan fingerprint density at radius 2 is 1.85 bits per heavy atom. The van der Waals surface area contributed by atoms with Gasteiger partial charge in [-0.15, -0.1) is 0 Å². The average Bonchev–Trinajstić information content (AvgIpc) is 2.44. The Morgan fingerprint density at radius 3 is 2.35 bits per heavy atom. The third-order valence-corrected chi connectivity index (χ3v) is 4.41. The molecule has 20 heavy (non-hydrogen) atoms. The lowest BCUT2D eigenvalue weighted by atomic mass is 10.2. The molecular formula is C14H21NO4S. The summed E-state index contributed by atoms with van der Waals surface area (Å²) < 4.78 is 31.6. The number of hydrogen-bond acceptors (Lipinski definition) is 4. The topological polar surface area (TPSA) is 72.5 Å². The highest BCUT2D eigenvalue weighted by Gasteiger charge is 2.17. The Bertz CT molecular complexity index is 537. The zero-order valence-corrected chi connectivity index (χ0v) is 12.9. The number of rotatable bonds is 7. The average molecular weight is 299 g/mol. The van der Waals surface area contributed by atoms with Gasteiger partial charge in [0.1, 0.15) is 0 Å². The minimum Gasteiger partial charge on any atom is -0.462 e. The second-order valence-electron chi connectivity index (χ2n) is 4.59. The van der Waals surface area contributed by atoms with Crippen molar-refractivity contribution in [3.63, 3.8) is 0 Å². The zero-order chi connectivity index (χ0) is 15.2. The van der Waals surface area contributed by atoms with E-state index in [9.17, 15) is 13.2 Å². The van der Waals surface area contributed by atoms with Crippen molar-refractivity contribution in [3.05, 3.63) is 29.8 Å². The third-order valence-electron chi connectivity index (χ3n) is 2.81. The maximum atomic E-state index is 12.0. The molecule has 0 aliphatic carbocycles. The summed E-state index contributed by atoms with van der Waals surface area (Å²) in [6.07, 6.45) is 1.46. The fourth-order valence-corrected chi connectivity index (χ4v) is 2.79. The fourth-order valence-electron chi connectivity index (χ4n) is 1.46. The van der Waals surface area contributed by atoms with Crippen molar-refractivity contribution in [2.24, 2.45) is 0 Å². The van der Waals surface area contributed by atoms with Gasteiger partial charge in [0.05, 0.1) is 17.1 Å². The van der Waals surface area contributed by atoms with Gasteiger partial charge < -0.3 is 4.74 Å². The van der Waals surface area contributed by atoms with Gasteiger partial charge in [0.2, 0.25) is 10.0 Å². The minimum atomic E-state index is -3.53. The van der Waals surface area contributed by atoms with Crippen molar-refractivity contribution in [3.8, 4) is 0 Å². The highest BCUT2D eigenvalue weighted by atomic mass is 32.2. The fraction of sp³-hybridized carbons (Fsp3) is 0.500. The number of benzene rings is 1. The van der Waals surface area contributed by atoms with Crippen molar-refractivity contribution < 1.29 is 17.9 Å². The van der Waals surface area contributed by atoms with E-state index < -0.39 is 16.0 Å². The molecule has 1 aromatic rings. The maximum Gasteiger partial charge on any atom is 0.338 e. The number of carbonyl (C=O) groups is 1. The van der Waals surface area contributed by atoms with Crippen LogP contribution in [0.15, 0.2) is 29.2 Å². The van der Waals surface area contributed by atoms with Gasteiger partial charge in [-0.3, -0.25) is 0 Å². The van der Waals surface area contributed by atoms with Gasteiger partial charge in [-0.1, -0.05) is 13.8 Å². The van der Waals surface area contributed by atoms with Crippen LogP contribution in [0.2, 0.25) is 0 Å². The van der Waals surface area contributed by atoms with Crippen LogP contribution in [-0.4, -0.2) is 27.0 Å². The van der Waals surface area contributed by atoms with Crippen molar-refractivity contribution >= 4 is 16.0 Å². The van der Waals surface area contributed by atoms with Crippen molar-refractivity contribution in [2.75, 3.05) is 6.61 Å². The predicted octanol–water partition coefficient (Wildman–Crippen LogP) is 2.33. The van der Waals surface area contributed by atoms with Crippen molar-refractivity contribution in [1.29, 1.82) is 0 Å². The highest BCUT2D eigenvalue weighted by Crippen LogP contribution is 2.12. The largest absolute Gasteiger partial charge is 0.462 e. The molecule has 0 saturated heterocycles. The summed E-state index contributed by atoms with van der Waals surface area (Å²) in [7, 11) is -3.53. The molecule has 0 aliphatic rings. The molecule has 1 atom stereocenters. The predicted molar refractivity (Wildman–Crippen MR) is 77.1 cm³/mol. The van der Waals surface area contributed by atoms with E-state index in [-0.39, 0.29) is 10.9 Å². The molecule has 0 spiro atoms. The van der Waals surface area contributed by atoms with Crippen LogP contribution in [0.4, 0.5) is 0 Å². The molecule has 0 amide bonds. The first kappa shape index (κ1) is 16.7. The van der Waals surface area contributed by atoms with E-state index in [0.29, 0.717) is 18.6 Å². The number of hydrogen-bond donors (Lipinski definition) is 1. The van der Waals surface area contributed by atoms with Crippen molar-refractivity contribution in [2.45, 2.75) is 44.6 Å². The van der Waals surface area contributed by atoms with Crippen LogP contribution < -0.4 is 4.72 Å². The maximum absolute atomic E-state index is 12.0. The van der Waals surface area contributed by atoms with Gasteiger partial charge >= 0.3 is 5.97 Å². The molecule has 0 saturated carbocycles. The standard InChI is InChI=1S/C14H21NO4S/c1-4-10-19-14(16)12-6-8-13(9-7-12)20(17,18)15-11(3)5-2/h6-9,11,15H,4-5,10H2,1-3H3. The first-order valence-corrected chi connectivity index (χ1v) is 8.18. The van der Waals surface area contributed by atoms with E-state index in [1.165, 1.54) is 24.3 Å². The van der Waals surface area contributed by atoms with Gasteiger partial charge in [-0.05, 0) is 44.0 Å². The number of sulfonamides is 1. The number of esters is 1. The second-order valence-corrected chi connectivity index (χ2v) is 6.30. The van der Waals surface area contributed by atoms with E-state index in [1.807, 2.05) is 13.8 Å². The zero-order valence-electron chi connectivity index (χ0n) is 12.0. The molecule has 5 nitrogen and oxygen atoms in total. The number of ether oxygens (including phenoxy) is 1. The number of nitrogens with one attached hydrogen (secondary N) is 1. The molecule has 0 aliphatic heterocycles. The minimum absolute atomic E-state index is 0.130. The van der Waals surface area contributed by atoms with Crippen LogP contribution in [0.5, 0.6) is 0 Å². The summed E-state index contributed by atoms with van der Waals surface area (Å²) in [5.41, 5.74) is 0.348. The Morgan fingerprint density at radius 1 is 1.25 bits per heavy atom. The Hall–Kier alpha value is -1.40. The summed E-state index contributed by atoms with van der Waals surface area (Å²) in [5, 5.41) is 0. The van der Waals surface area contributed by atoms with Crippen LogP contribution in [0, 0.1) is 0 Å². The normalized spacial score (nSPS) is 12.9. The van der Waals surface area contributed by atoms with Crippen molar-refractivity contribution in [1.82, 2.24) is 4.72 Å². The summed E-state index contributed by atoms with van der Waals surface area (Å²) in [5.74, 6) is -0.439. The first-order chi connectivity index (χ1) is 9.40. The lowest BCUT2D eigenvalue weighted by Gasteiger charge is -2.12. The molecule has 0 aromatic heterocycles. The molecule has 1 N–H and O–H groups in total. The van der Waals surface area contributed by atoms with E-state index in [0.717, 1.165) is 6.42 Å². The summed E-state index contributed by atoms with van der Waals surface area (Å²) in [4.78, 5) is 11.7. The molecule has 6 heteroatoms. The molecule has 1 unspecified atom stereocenters. The highest BCUT2D eigenvalue weighted by molar-refractivity contribution is 7.89. The summed E-state index contributed by atoms with van der Waals surface area (Å²) in [6.45, 7) is 5.96. The molecule has 1 aromatic carbocycles. The Balaban J connectivity index is 2.83. The quantitative estimate of drug-likeness (QED) is 0.784. The molecule has 0 radical (unpaired) electrons. The van der Waals surface area contributed by atoms with E-state index in [2.05, 4.69) is 4.72 Å². The smallest absolute Gasteiger partial charge is 0.338 e. The third kappa shape index (κ3) is 4.61. The first-order valence-electron chi connectivity index (χ1n) is 6.70. The SMILES string of the molecule is CCCOC(=O)c1ccc(S(=O)(=O)NC(C)CC)cc1. The van der Waals surface area contributed by atoms with E-state index in [4.69, 9.17) is 4.74 Å². The lowest BCUT2D eigenvalue weighted by molar-refractivity contribution is 0.0505. The molecular weight excluding hydrogens is 278 g/mol. The van der Waals surface area contributed by atoms with Gasteiger partial charge in [0.15, 0.2) is 0 Å². The Labute approximate surface area is 120 Å². The monoisotopic (exact) mass is 299 g/mol. The summed E-state index contributed by atoms with van der Waals surface area (Å²) in [6, 6.07) is 5.61. The molecule has 1 rings (SSSR count). The van der Waals surface area contributed by atoms with Gasteiger partial charge in [0.25, 0.3) is 0 Å². The van der Waals surface area contributed by atoms with Gasteiger partial charge in [0, 0.05) is 6.04 Å². The number of carbonyl (C=O) groups excluding carboxylic acids is 1.